The number of aromatic nitrogens is 1. The molecule has 1 fully saturated rings. The first-order valence-corrected chi connectivity index (χ1v) is 7.20. The van der Waals surface area contributed by atoms with Crippen molar-refractivity contribution in [2.24, 2.45) is 11.7 Å². The van der Waals surface area contributed by atoms with Gasteiger partial charge in [0.05, 0.1) is 0 Å². The van der Waals surface area contributed by atoms with E-state index in [2.05, 4.69) is 9.88 Å². The standard InChI is InChI=1S/C15H23N3O2/c1-20-9-3-5-12-4-2-8-18(11-12)14-10-13(15(16)19)6-7-17-14/h6-7,10,12H,2-5,8-9,11H2,1H3,(H2,16,19)/t12-/m1/s1. The Morgan fingerprint density at radius 1 is 1.60 bits per heavy atom. The van der Waals surface area contributed by atoms with Gasteiger partial charge >= 0.3 is 0 Å². The molecule has 5 nitrogen and oxygen atoms in total. The maximum absolute atomic E-state index is 11.2. The second-order valence-electron chi connectivity index (χ2n) is 5.36. The maximum atomic E-state index is 11.2. The van der Waals surface area contributed by atoms with Gasteiger partial charge in [0, 0.05) is 38.6 Å². The summed E-state index contributed by atoms with van der Waals surface area (Å²) in [6, 6.07) is 3.45. The van der Waals surface area contributed by atoms with Crippen LogP contribution in [0.5, 0.6) is 0 Å². The first-order valence-electron chi connectivity index (χ1n) is 7.20. The second-order valence-corrected chi connectivity index (χ2v) is 5.36. The van der Waals surface area contributed by atoms with Crippen molar-refractivity contribution >= 4 is 11.7 Å². The van der Waals surface area contributed by atoms with Gasteiger partial charge in [-0.25, -0.2) is 4.98 Å². The number of hydrogen-bond acceptors (Lipinski definition) is 4. The monoisotopic (exact) mass is 277 g/mol. The van der Waals surface area contributed by atoms with Crippen molar-refractivity contribution in [3.63, 3.8) is 0 Å². The zero-order valence-electron chi connectivity index (χ0n) is 12.0. The predicted octanol–water partition coefficient (Wildman–Crippen LogP) is 1.82. The molecule has 1 aromatic heterocycles. The zero-order valence-corrected chi connectivity index (χ0v) is 12.0. The fourth-order valence-electron chi connectivity index (χ4n) is 2.77. The van der Waals surface area contributed by atoms with Crippen molar-refractivity contribution in [3.05, 3.63) is 23.9 Å². The summed E-state index contributed by atoms with van der Waals surface area (Å²) >= 11 is 0. The van der Waals surface area contributed by atoms with Crippen molar-refractivity contribution in [2.75, 3.05) is 31.7 Å². The van der Waals surface area contributed by atoms with E-state index < -0.39 is 5.91 Å². The molecule has 2 rings (SSSR count). The summed E-state index contributed by atoms with van der Waals surface area (Å²) in [5.41, 5.74) is 5.85. The quantitative estimate of drug-likeness (QED) is 0.805. The molecule has 0 saturated carbocycles. The summed E-state index contributed by atoms with van der Waals surface area (Å²) in [7, 11) is 1.74. The predicted molar refractivity (Wildman–Crippen MR) is 78.8 cm³/mol. The third-order valence-corrected chi connectivity index (χ3v) is 3.83. The van der Waals surface area contributed by atoms with Crippen molar-refractivity contribution in [1.82, 2.24) is 4.98 Å². The first kappa shape index (κ1) is 14.8. The molecule has 0 aromatic carbocycles. The van der Waals surface area contributed by atoms with Crippen molar-refractivity contribution in [2.45, 2.75) is 25.7 Å². The van der Waals surface area contributed by atoms with Gasteiger partial charge in [-0.15, -0.1) is 0 Å². The molecule has 2 heterocycles. The summed E-state index contributed by atoms with van der Waals surface area (Å²) in [6.07, 6.45) is 6.36. The Morgan fingerprint density at radius 2 is 2.45 bits per heavy atom. The van der Waals surface area contributed by atoms with E-state index in [1.54, 1.807) is 25.4 Å². The Kier molecular flexibility index (Phi) is 5.35. The fraction of sp³-hybridized carbons (Fsp3) is 0.600. The van der Waals surface area contributed by atoms with Gasteiger partial charge in [0.25, 0.3) is 0 Å². The lowest BCUT2D eigenvalue weighted by molar-refractivity contribution is 0.1000. The third-order valence-electron chi connectivity index (χ3n) is 3.83. The number of nitrogens with zero attached hydrogens (tertiary/aromatic N) is 2. The molecule has 0 spiro atoms. The summed E-state index contributed by atoms with van der Waals surface area (Å²) in [6.45, 7) is 2.82. The van der Waals surface area contributed by atoms with Gasteiger partial charge in [0.1, 0.15) is 5.82 Å². The molecule has 1 aromatic rings. The molecular weight excluding hydrogens is 254 g/mol. The molecule has 1 amide bonds. The van der Waals surface area contributed by atoms with E-state index in [1.165, 1.54) is 19.3 Å². The number of carbonyl (C=O) groups is 1. The van der Waals surface area contributed by atoms with Crippen LogP contribution in [0.3, 0.4) is 0 Å². The van der Waals surface area contributed by atoms with Crippen LogP contribution in [0.25, 0.3) is 0 Å². The molecule has 1 atom stereocenters. The highest BCUT2D eigenvalue weighted by Gasteiger charge is 2.21. The molecule has 1 aliphatic rings. The molecule has 1 saturated heterocycles. The molecule has 0 unspecified atom stereocenters. The number of amides is 1. The summed E-state index contributed by atoms with van der Waals surface area (Å²) < 4.78 is 5.11. The van der Waals surface area contributed by atoms with Crippen LogP contribution in [0.1, 0.15) is 36.0 Å². The number of piperidine rings is 1. The highest BCUT2D eigenvalue weighted by Crippen LogP contribution is 2.25. The Labute approximate surface area is 120 Å². The number of rotatable bonds is 6. The van der Waals surface area contributed by atoms with Gasteiger partial charge in [-0.2, -0.15) is 0 Å². The van der Waals surface area contributed by atoms with Gasteiger partial charge in [0.15, 0.2) is 0 Å². The number of primary amides is 1. The molecular formula is C15H23N3O2. The summed E-state index contributed by atoms with van der Waals surface area (Å²) in [5, 5.41) is 0. The van der Waals surface area contributed by atoms with Crippen molar-refractivity contribution in [3.8, 4) is 0 Å². The number of pyridine rings is 1. The SMILES string of the molecule is COCCC[C@H]1CCCN(c2cc(C(N)=O)ccn2)C1. The fourth-order valence-corrected chi connectivity index (χ4v) is 2.77. The lowest BCUT2D eigenvalue weighted by Gasteiger charge is -2.33. The van der Waals surface area contributed by atoms with Gasteiger partial charge in [0.2, 0.25) is 5.91 Å². The van der Waals surface area contributed by atoms with Gasteiger partial charge in [-0.3, -0.25) is 4.79 Å². The van der Waals surface area contributed by atoms with Gasteiger partial charge in [-0.05, 0) is 43.7 Å². The molecule has 5 heteroatoms. The van der Waals surface area contributed by atoms with Crippen LogP contribution in [-0.2, 0) is 4.74 Å². The average molecular weight is 277 g/mol. The lowest BCUT2D eigenvalue weighted by atomic mass is 9.93. The van der Waals surface area contributed by atoms with Crippen LogP contribution in [0.15, 0.2) is 18.3 Å². The first-order chi connectivity index (χ1) is 9.70. The Hall–Kier alpha value is -1.62. The number of hydrogen-bond donors (Lipinski definition) is 1. The number of methoxy groups -OCH3 is 1. The Balaban J connectivity index is 1.97. The lowest BCUT2D eigenvalue weighted by Crippen LogP contribution is -2.36. The average Bonchev–Trinajstić information content (AvgIpc) is 2.48. The van der Waals surface area contributed by atoms with Crippen LogP contribution in [0.4, 0.5) is 5.82 Å². The third kappa shape index (κ3) is 3.93. The smallest absolute Gasteiger partial charge is 0.248 e. The highest BCUT2D eigenvalue weighted by molar-refractivity contribution is 5.93. The van der Waals surface area contributed by atoms with Crippen LogP contribution >= 0.6 is 0 Å². The summed E-state index contributed by atoms with van der Waals surface area (Å²) in [4.78, 5) is 17.9. The van der Waals surface area contributed by atoms with E-state index >= 15 is 0 Å². The minimum Gasteiger partial charge on any atom is -0.385 e. The van der Waals surface area contributed by atoms with Crippen LogP contribution < -0.4 is 10.6 Å². The van der Waals surface area contributed by atoms with Crippen LogP contribution in [0.2, 0.25) is 0 Å². The largest absolute Gasteiger partial charge is 0.385 e. The number of carbonyl (C=O) groups excluding carboxylic acids is 1. The van der Waals surface area contributed by atoms with Crippen molar-refractivity contribution in [1.29, 1.82) is 0 Å². The van der Waals surface area contributed by atoms with Crippen LogP contribution in [-0.4, -0.2) is 37.7 Å². The van der Waals surface area contributed by atoms with E-state index in [0.29, 0.717) is 11.5 Å². The number of nitrogens with two attached hydrogens (primary N) is 1. The molecule has 0 bridgehead atoms. The molecule has 20 heavy (non-hydrogen) atoms. The minimum absolute atomic E-state index is 0.401. The number of ether oxygens (including phenoxy) is 1. The zero-order chi connectivity index (χ0) is 14.4. The topological polar surface area (TPSA) is 68.5 Å². The molecule has 2 N–H and O–H groups in total. The van der Waals surface area contributed by atoms with Crippen molar-refractivity contribution < 1.29 is 9.53 Å². The molecule has 110 valence electrons. The van der Waals surface area contributed by atoms with E-state index in [0.717, 1.165) is 31.9 Å². The minimum atomic E-state index is -0.401. The Bertz CT molecular complexity index is 450. The summed E-state index contributed by atoms with van der Waals surface area (Å²) in [5.74, 6) is 1.14. The van der Waals surface area contributed by atoms with E-state index in [4.69, 9.17) is 10.5 Å². The maximum Gasteiger partial charge on any atom is 0.248 e. The Morgan fingerprint density at radius 3 is 3.20 bits per heavy atom. The second kappa shape index (κ2) is 7.24. The van der Waals surface area contributed by atoms with Crippen LogP contribution in [0, 0.1) is 5.92 Å². The molecule has 0 aliphatic carbocycles. The van der Waals surface area contributed by atoms with E-state index in [9.17, 15) is 4.79 Å². The highest BCUT2D eigenvalue weighted by atomic mass is 16.5. The molecule has 0 radical (unpaired) electrons. The van der Waals surface area contributed by atoms with Gasteiger partial charge < -0.3 is 15.4 Å². The number of anilines is 1. The molecule has 1 aliphatic heterocycles. The van der Waals surface area contributed by atoms with Gasteiger partial charge in [-0.1, -0.05) is 0 Å². The van der Waals surface area contributed by atoms with E-state index in [-0.39, 0.29) is 0 Å². The van der Waals surface area contributed by atoms with E-state index in [1.807, 2.05) is 0 Å². The normalized spacial score (nSPS) is 19.1.